The molecule has 18 aromatic carbocycles. The highest BCUT2D eigenvalue weighted by molar-refractivity contribution is 7.19. The molecule has 0 spiro atoms. The zero-order valence-corrected chi connectivity index (χ0v) is 69.3. The van der Waals surface area contributed by atoms with Gasteiger partial charge in [-0.05, 0) is 286 Å². The van der Waals surface area contributed by atoms with Gasteiger partial charge in [0.1, 0.15) is 0 Å². The maximum atomic E-state index is 2.37. The number of aromatic nitrogens is 2. The van der Waals surface area contributed by atoms with Crippen molar-refractivity contribution in [3.8, 4) is 86.5 Å². The molecular weight excluding hydrogens is 1540 g/mol. The fourth-order valence-electron chi connectivity index (χ4n) is 17.7. The van der Waals surface area contributed by atoms with Gasteiger partial charge in [0.05, 0.1) is 22.1 Å². The summed E-state index contributed by atoms with van der Waals surface area (Å²) in [7, 11) is 0. The van der Waals surface area contributed by atoms with Gasteiger partial charge < -0.3 is 28.7 Å². The zero-order chi connectivity index (χ0) is 82.2. The summed E-state index contributed by atoms with van der Waals surface area (Å²) in [6, 6.07) is 177. The smallest absolute Gasteiger partial charge is 0.0541 e. The largest absolute Gasteiger partial charge is 0.311 e. The first-order chi connectivity index (χ1) is 61.5. The summed E-state index contributed by atoms with van der Waals surface area (Å²) in [6.07, 6.45) is 0. The zero-order valence-electron chi connectivity index (χ0n) is 67.7. The molecule has 586 valence electrons. The van der Waals surface area contributed by atoms with E-state index >= 15 is 0 Å². The normalized spacial score (nSPS) is 11.4. The highest BCUT2D eigenvalue weighted by Gasteiger charge is 2.23. The van der Waals surface area contributed by atoms with Crippen molar-refractivity contribution in [2.24, 2.45) is 0 Å². The number of thiophene rings is 2. The number of anilines is 12. The van der Waals surface area contributed by atoms with Crippen LogP contribution in [0.5, 0.6) is 0 Å². The summed E-state index contributed by atoms with van der Waals surface area (Å²) in [4.78, 5) is 14.4. The van der Waals surface area contributed by atoms with Crippen LogP contribution < -0.4 is 19.6 Å². The van der Waals surface area contributed by atoms with E-state index < -0.39 is 0 Å². The van der Waals surface area contributed by atoms with Crippen molar-refractivity contribution in [2.45, 2.75) is 0 Å². The first-order valence-corrected chi connectivity index (χ1v) is 43.7. The summed E-state index contributed by atoms with van der Waals surface area (Å²) in [5, 5.41) is 4.93. The number of nitrogens with zero attached hydrogens (tertiary/aromatic N) is 6. The fourth-order valence-corrected chi connectivity index (χ4v) is 19.8. The van der Waals surface area contributed by atoms with Crippen molar-refractivity contribution in [3.63, 3.8) is 0 Å². The molecular formula is C116H80N6S2. The minimum absolute atomic E-state index is 1.04. The van der Waals surface area contributed by atoms with Gasteiger partial charge in [0.2, 0.25) is 0 Å². The van der Waals surface area contributed by atoms with Crippen molar-refractivity contribution in [1.29, 1.82) is 0 Å². The fraction of sp³-hybridized carbons (Fsp3) is 0. The van der Waals surface area contributed by atoms with E-state index in [1.807, 2.05) is 22.7 Å². The molecule has 0 radical (unpaired) electrons. The third-order valence-electron chi connectivity index (χ3n) is 23.8. The molecule has 0 amide bonds. The Hall–Kier alpha value is -15.8. The Labute approximate surface area is 729 Å². The standard InChI is InChI=1S/C116H80N6S2/c1-7-23-85(24-8-1)113-75-77-115(123-113)87-47-61-99(62-48-87)119(103-69-65-101(66-70-103)117(91-27-11-3-12-28-91)95-57-43-83(44-58-95)89-51-73-111-107(79-89)105-35-19-21-37-109(105)121(111)93-31-15-5-16-32-93)97-53-39-81(40-54-97)82-41-55-98(56-42-82)120(100-63-49-88(50-64-100)116-78-76-114(124-116)86-25-9-2-10-26-86)104-71-67-102(68-72-104)118(92-29-13-4-14-30-92)96-59-45-84(46-60-96)90-52-74-112-108(80-90)106-36-20-22-38-110(106)122(112)94-33-17-6-18-34-94/h1-80H. The second-order valence-electron chi connectivity index (χ2n) is 31.2. The second-order valence-corrected chi connectivity index (χ2v) is 33.4. The number of para-hydroxylation sites is 6. The predicted octanol–water partition coefficient (Wildman–Crippen LogP) is 33.6. The van der Waals surface area contributed by atoms with E-state index in [4.69, 9.17) is 0 Å². The lowest BCUT2D eigenvalue weighted by Gasteiger charge is -2.29. The minimum atomic E-state index is 1.04. The number of benzene rings is 18. The van der Waals surface area contributed by atoms with Gasteiger partial charge in [0, 0.05) is 121 Å². The molecule has 6 nitrogen and oxygen atoms in total. The van der Waals surface area contributed by atoms with E-state index in [9.17, 15) is 0 Å². The highest BCUT2D eigenvalue weighted by atomic mass is 32.1. The van der Waals surface area contributed by atoms with E-state index in [1.165, 1.54) is 96.5 Å². The molecule has 124 heavy (non-hydrogen) atoms. The Bertz CT molecular complexity index is 7050. The van der Waals surface area contributed by atoms with E-state index in [0.717, 1.165) is 102 Å². The molecule has 0 aliphatic rings. The Morgan fingerprint density at radius 1 is 0.137 bits per heavy atom. The molecule has 22 rings (SSSR count). The van der Waals surface area contributed by atoms with Crippen LogP contribution in [0.1, 0.15) is 0 Å². The third-order valence-corrected chi connectivity index (χ3v) is 26.2. The molecule has 0 aliphatic heterocycles. The molecule has 0 saturated carbocycles. The second kappa shape index (κ2) is 32.7. The van der Waals surface area contributed by atoms with Crippen LogP contribution in [0.25, 0.3) is 130 Å². The van der Waals surface area contributed by atoms with Crippen LogP contribution in [-0.4, -0.2) is 9.13 Å². The number of rotatable bonds is 21. The van der Waals surface area contributed by atoms with Gasteiger partial charge in [-0.25, -0.2) is 0 Å². The van der Waals surface area contributed by atoms with Gasteiger partial charge in [0.25, 0.3) is 0 Å². The van der Waals surface area contributed by atoms with E-state index in [-0.39, 0.29) is 0 Å². The first kappa shape index (κ1) is 74.5. The summed E-state index contributed by atoms with van der Waals surface area (Å²) in [6.45, 7) is 0. The summed E-state index contributed by atoms with van der Waals surface area (Å²) in [5.74, 6) is 0. The quantitative estimate of drug-likeness (QED) is 0.0715. The molecule has 4 heterocycles. The van der Waals surface area contributed by atoms with Crippen LogP contribution in [0, 0.1) is 0 Å². The third kappa shape index (κ3) is 14.3. The Balaban J connectivity index is 0.577. The van der Waals surface area contributed by atoms with Crippen molar-refractivity contribution in [2.75, 3.05) is 19.6 Å². The van der Waals surface area contributed by atoms with Crippen LogP contribution in [0.15, 0.2) is 485 Å². The lowest BCUT2D eigenvalue weighted by Crippen LogP contribution is -2.12. The molecule has 8 heteroatoms. The molecule has 4 aromatic heterocycles. The topological polar surface area (TPSA) is 22.8 Å². The van der Waals surface area contributed by atoms with Gasteiger partial charge in [-0.15, -0.1) is 22.7 Å². The predicted molar refractivity (Wildman–Crippen MR) is 528 cm³/mol. The Morgan fingerprint density at radius 2 is 0.331 bits per heavy atom. The van der Waals surface area contributed by atoms with Crippen molar-refractivity contribution in [3.05, 3.63) is 485 Å². The van der Waals surface area contributed by atoms with Crippen LogP contribution in [0.3, 0.4) is 0 Å². The monoisotopic (exact) mass is 1620 g/mol. The summed E-state index contributed by atoms with van der Waals surface area (Å²) in [5.41, 5.74) is 31.4. The number of hydrogen-bond acceptors (Lipinski definition) is 6. The van der Waals surface area contributed by atoms with Crippen LogP contribution >= 0.6 is 22.7 Å². The van der Waals surface area contributed by atoms with E-state index in [2.05, 4.69) is 514 Å². The van der Waals surface area contributed by atoms with Gasteiger partial charge in [0.15, 0.2) is 0 Å². The van der Waals surface area contributed by atoms with Crippen LogP contribution in [0.4, 0.5) is 68.2 Å². The molecule has 0 unspecified atom stereocenters. The van der Waals surface area contributed by atoms with Crippen molar-refractivity contribution in [1.82, 2.24) is 9.13 Å². The van der Waals surface area contributed by atoms with Crippen LogP contribution in [-0.2, 0) is 0 Å². The summed E-state index contributed by atoms with van der Waals surface area (Å²) < 4.78 is 4.74. The molecule has 0 aliphatic carbocycles. The lowest BCUT2D eigenvalue weighted by molar-refractivity contribution is 1.18. The number of hydrogen-bond donors (Lipinski definition) is 0. The van der Waals surface area contributed by atoms with Gasteiger partial charge in [-0.1, -0.05) is 255 Å². The number of fused-ring (bicyclic) bond motifs is 6. The lowest BCUT2D eigenvalue weighted by atomic mass is 10.0. The molecule has 22 aromatic rings. The molecule has 0 N–H and O–H groups in total. The maximum absolute atomic E-state index is 2.37. The van der Waals surface area contributed by atoms with Crippen molar-refractivity contribution >= 4 is 135 Å². The molecule has 0 atom stereocenters. The Morgan fingerprint density at radius 3 is 0.613 bits per heavy atom. The summed E-state index contributed by atoms with van der Waals surface area (Å²) >= 11 is 3.64. The molecule has 0 bridgehead atoms. The average molecular weight is 1620 g/mol. The minimum Gasteiger partial charge on any atom is -0.311 e. The Kier molecular flexibility index (Phi) is 19.6. The molecule has 0 fully saturated rings. The van der Waals surface area contributed by atoms with E-state index in [0.29, 0.717) is 0 Å². The average Bonchev–Trinajstić information content (AvgIpc) is 1.60. The van der Waals surface area contributed by atoms with Gasteiger partial charge >= 0.3 is 0 Å². The van der Waals surface area contributed by atoms with Crippen molar-refractivity contribution < 1.29 is 0 Å². The maximum Gasteiger partial charge on any atom is 0.0541 e. The SMILES string of the molecule is c1ccc(-c2ccc(-c3ccc(N(c4ccc(-c5ccc(N(c6ccc(-c7ccc(-c8ccccc8)s7)cc6)c6ccc(N(c7ccccc7)c7ccc(-c8ccc9c(c8)c8ccccc8n9-c8ccccc8)cc7)cc6)cc5)cc4)c4ccc(N(c5ccccc5)c5ccc(-c6ccc7c(c6)c6ccccc6n7-c6ccccc6)cc5)cc4)cc3)s2)cc1. The first-order valence-electron chi connectivity index (χ1n) is 42.1. The molecule has 0 saturated heterocycles. The van der Waals surface area contributed by atoms with E-state index in [1.54, 1.807) is 0 Å². The highest BCUT2D eigenvalue weighted by Crippen LogP contribution is 2.47. The van der Waals surface area contributed by atoms with Crippen LogP contribution in [0.2, 0.25) is 0 Å². The van der Waals surface area contributed by atoms with Gasteiger partial charge in [-0.2, -0.15) is 0 Å². The van der Waals surface area contributed by atoms with Gasteiger partial charge in [-0.3, -0.25) is 0 Å².